The number of imide groups is 1. The van der Waals surface area contributed by atoms with Crippen molar-refractivity contribution in [1.29, 1.82) is 0 Å². The minimum absolute atomic E-state index is 0.0635. The molecule has 1 heterocycles. The predicted octanol–water partition coefficient (Wildman–Crippen LogP) is 3.18. The zero-order valence-electron chi connectivity index (χ0n) is 17.7. The number of β-amino-alcohol motifs (C(OH)–C–C–N with tert-alkyl or cyclic N) is 1. The third kappa shape index (κ3) is 3.76. The fourth-order valence-electron chi connectivity index (χ4n) is 4.53. The molecule has 2 N–H and O–H groups in total. The summed E-state index contributed by atoms with van der Waals surface area (Å²) in [7, 11) is 0. The van der Waals surface area contributed by atoms with E-state index >= 15 is 0 Å². The predicted molar refractivity (Wildman–Crippen MR) is 121 cm³/mol. The molecule has 0 aromatic heterocycles. The molecule has 7 nitrogen and oxygen atoms in total. The topological polar surface area (TPSA) is 95.9 Å². The van der Waals surface area contributed by atoms with E-state index in [1.807, 2.05) is 36.4 Å². The molecule has 0 saturated carbocycles. The van der Waals surface area contributed by atoms with Gasteiger partial charge < -0.3 is 15.2 Å². The molecule has 0 bridgehead atoms. The van der Waals surface area contributed by atoms with Gasteiger partial charge in [-0.05, 0) is 34.4 Å². The Morgan fingerprint density at radius 1 is 0.848 bits per heavy atom. The van der Waals surface area contributed by atoms with Crippen molar-refractivity contribution in [2.24, 2.45) is 0 Å². The second kappa shape index (κ2) is 8.52. The average Bonchev–Trinajstić information content (AvgIpc) is 3.29. The van der Waals surface area contributed by atoms with E-state index in [4.69, 9.17) is 4.74 Å². The van der Waals surface area contributed by atoms with E-state index in [-0.39, 0.29) is 25.6 Å². The fourth-order valence-corrected chi connectivity index (χ4v) is 4.53. The Bertz CT molecular complexity index is 1170. The minimum Gasteiger partial charge on any atom is -0.449 e. The summed E-state index contributed by atoms with van der Waals surface area (Å²) in [5, 5.41) is 12.8. The second-order valence-corrected chi connectivity index (χ2v) is 8.13. The lowest BCUT2D eigenvalue weighted by atomic mass is 9.98. The third-order valence-electron chi connectivity index (χ3n) is 6.10. The highest BCUT2D eigenvalue weighted by atomic mass is 16.5. The number of carbonyl (C=O) groups is 3. The Morgan fingerprint density at radius 2 is 1.33 bits per heavy atom. The van der Waals surface area contributed by atoms with Crippen LogP contribution in [-0.2, 0) is 4.74 Å². The number of benzene rings is 3. The molecule has 0 saturated heterocycles. The molecule has 2 aliphatic rings. The lowest BCUT2D eigenvalue weighted by Gasteiger charge is -2.19. The van der Waals surface area contributed by atoms with Gasteiger partial charge in [0, 0.05) is 12.5 Å². The summed E-state index contributed by atoms with van der Waals surface area (Å²) in [5.74, 6) is -0.960. The highest BCUT2D eigenvalue weighted by Gasteiger charge is 2.36. The normalized spacial score (nSPS) is 15.1. The Kier molecular flexibility index (Phi) is 5.40. The molecular weight excluding hydrogens is 420 g/mol. The molecule has 5 rings (SSSR count). The van der Waals surface area contributed by atoms with E-state index in [1.165, 1.54) is 0 Å². The van der Waals surface area contributed by atoms with E-state index in [0.29, 0.717) is 11.1 Å². The summed E-state index contributed by atoms with van der Waals surface area (Å²) >= 11 is 0. The number of nitrogens with zero attached hydrogens (tertiary/aromatic N) is 1. The first-order valence-electron chi connectivity index (χ1n) is 10.8. The van der Waals surface area contributed by atoms with Crippen LogP contribution in [-0.4, -0.2) is 53.7 Å². The highest BCUT2D eigenvalue weighted by Crippen LogP contribution is 2.44. The van der Waals surface area contributed by atoms with Crippen molar-refractivity contribution in [2.45, 2.75) is 12.0 Å². The number of aliphatic hydroxyl groups is 1. The lowest BCUT2D eigenvalue weighted by molar-refractivity contribution is 0.0542. The van der Waals surface area contributed by atoms with Gasteiger partial charge in [0.15, 0.2) is 0 Å². The Hall–Kier alpha value is -3.97. The summed E-state index contributed by atoms with van der Waals surface area (Å²) in [6, 6.07) is 22.6. The number of alkyl carbamates (subject to hydrolysis) is 1. The molecule has 7 heteroatoms. The Morgan fingerprint density at radius 3 is 1.88 bits per heavy atom. The minimum atomic E-state index is -1.12. The van der Waals surface area contributed by atoms with Gasteiger partial charge in [0.25, 0.3) is 11.8 Å². The van der Waals surface area contributed by atoms with Crippen LogP contribution in [0.25, 0.3) is 11.1 Å². The molecule has 1 aliphatic carbocycles. The van der Waals surface area contributed by atoms with Crippen molar-refractivity contribution in [1.82, 2.24) is 10.2 Å². The van der Waals surface area contributed by atoms with Crippen molar-refractivity contribution in [3.05, 3.63) is 95.1 Å². The van der Waals surface area contributed by atoms with E-state index in [0.717, 1.165) is 27.2 Å². The van der Waals surface area contributed by atoms with Crippen LogP contribution in [0.3, 0.4) is 0 Å². The standard InChI is InChI=1S/C26H22N2O5/c29-16(14-28-24(30)21-11-5-6-12-22(21)25(28)31)13-27-26(32)33-15-23-19-9-3-1-7-17(19)18-8-2-4-10-20(18)23/h1-12,16,23,29H,13-15H2,(H,27,32). The first kappa shape index (κ1) is 20.9. The van der Waals surface area contributed by atoms with Crippen LogP contribution >= 0.6 is 0 Å². The highest BCUT2D eigenvalue weighted by molar-refractivity contribution is 6.21. The maximum Gasteiger partial charge on any atom is 0.407 e. The zero-order valence-corrected chi connectivity index (χ0v) is 17.7. The summed E-state index contributed by atoms with van der Waals surface area (Å²) in [4.78, 5) is 38.1. The van der Waals surface area contributed by atoms with Gasteiger partial charge in [-0.1, -0.05) is 60.7 Å². The molecule has 1 unspecified atom stereocenters. The lowest BCUT2D eigenvalue weighted by Crippen LogP contribution is -2.42. The number of carbonyl (C=O) groups excluding carboxylic acids is 3. The molecule has 0 fully saturated rings. The molecule has 0 spiro atoms. The molecular formula is C26H22N2O5. The van der Waals surface area contributed by atoms with Gasteiger partial charge in [0.05, 0.1) is 23.8 Å². The van der Waals surface area contributed by atoms with Crippen LogP contribution in [0.15, 0.2) is 72.8 Å². The smallest absolute Gasteiger partial charge is 0.407 e. The molecule has 3 aromatic carbocycles. The van der Waals surface area contributed by atoms with Crippen LogP contribution in [0.4, 0.5) is 4.79 Å². The van der Waals surface area contributed by atoms with Crippen LogP contribution in [0.2, 0.25) is 0 Å². The number of hydrogen-bond acceptors (Lipinski definition) is 5. The second-order valence-electron chi connectivity index (χ2n) is 8.13. The number of rotatable bonds is 6. The summed E-state index contributed by atoms with van der Waals surface area (Å²) in [5.41, 5.74) is 5.13. The van der Waals surface area contributed by atoms with Crippen LogP contribution in [0, 0.1) is 0 Å². The van der Waals surface area contributed by atoms with Crippen molar-refractivity contribution < 1.29 is 24.2 Å². The third-order valence-corrected chi connectivity index (χ3v) is 6.10. The SMILES string of the molecule is O=C(NCC(O)CN1C(=O)c2ccccc2C1=O)OCC1c2ccccc2-c2ccccc21. The molecule has 3 aromatic rings. The summed E-state index contributed by atoms with van der Waals surface area (Å²) < 4.78 is 5.44. The Balaban J connectivity index is 1.15. The van der Waals surface area contributed by atoms with Crippen molar-refractivity contribution >= 4 is 17.9 Å². The van der Waals surface area contributed by atoms with Gasteiger partial charge >= 0.3 is 6.09 Å². The quantitative estimate of drug-likeness (QED) is 0.572. The monoisotopic (exact) mass is 442 g/mol. The van der Waals surface area contributed by atoms with Crippen LogP contribution in [0.1, 0.15) is 37.8 Å². The number of ether oxygens (including phenoxy) is 1. The van der Waals surface area contributed by atoms with Gasteiger partial charge in [-0.3, -0.25) is 14.5 Å². The summed E-state index contributed by atoms with van der Waals surface area (Å²) in [6.45, 7) is -0.200. The molecule has 33 heavy (non-hydrogen) atoms. The van der Waals surface area contributed by atoms with Gasteiger partial charge in [-0.2, -0.15) is 0 Å². The van der Waals surface area contributed by atoms with Crippen molar-refractivity contribution in [3.63, 3.8) is 0 Å². The van der Waals surface area contributed by atoms with Crippen molar-refractivity contribution in [2.75, 3.05) is 19.7 Å². The number of amides is 3. The van der Waals surface area contributed by atoms with E-state index in [2.05, 4.69) is 17.4 Å². The van der Waals surface area contributed by atoms with Crippen LogP contribution in [0.5, 0.6) is 0 Å². The van der Waals surface area contributed by atoms with Crippen LogP contribution < -0.4 is 5.32 Å². The van der Waals surface area contributed by atoms with E-state index in [9.17, 15) is 19.5 Å². The number of nitrogens with one attached hydrogen (secondary N) is 1. The number of aliphatic hydroxyl groups excluding tert-OH is 1. The largest absolute Gasteiger partial charge is 0.449 e. The summed E-state index contributed by atoms with van der Waals surface area (Å²) in [6.07, 6.45) is -1.79. The van der Waals surface area contributed by atoms with E-state index in [1.54, 1.807) is 24.3 Å². The van der Waals surface area contributed by atoms with Crippen molar-refractivity contribution in [3.8, 4) is 11.1 Å². The fraction of sp³-hybridized carbons (Fsp3) is 0.192. The Labute approximate surface area is 190 Å². The molecule has 3 amide bonds. The van der Waals surface area contributed by atoms with Gasteiger partial charge in [0.1, 0.15) is 6.61 Å². The van der Waals surface area contributed by atoms with Gasteiger partial charge in [-0.25, -0.2) is 4.79 Å². The average molecular weight is 442 g/mol. The molecule has 1 atom stereocenters. The molecule has 1 aliphatic heterocycles. The van der Waals surface area contributed by atoms with Gasteiger partial charge in [-0.15, -0.1) is 0 Å². The number of fused-ring (bicyclic) bond motifs is 4. The number of hydrogen-bond donors (Lipinski definition) is 2. The maximum absolute atomic E-state index is 12.4. The first-order valence-corrected chi connectivity index (χ1v) is 10.8. The van der Waals surface area contributed by atoms with Gasteiger partial charge in [0.2, 0.25) is 0 Å². The molecule has 166 valence electrons. The maximum atomic E-state index is 12.4. The van der Waals surface area contributed by atoms with E-state index < -0.39 is 24.0 Å². The molecule has 0 radical (unpaired) electrons. The first-order chi connectivity index (χ1) is 16.0. The zero-order chi connectivity index (χ0) is 22.9.